The molecule has 33 heavy (non-hydrogen) atoms. The van der Waals surface area contributed by atoms with Gasteiger partial charge in [0.25, 0.3) is 11.8 Å². The average molecular weight is 460 g/mol. The molecule has 10 heteroatoms. The second-order valence-corrected chi connectivity index (χ2v) is 8.09. The molecule has 2 aliphatic heterocycles. The van der Waals surface area contributed by atoms with E-state index in [1.807, 2.05) is 0 Å². The van der Waals surface area contributed by atoms with Gasteiger partial charge < -0.3 is 24.8 Å². The lowest BCUT2D eigenvalue weighted by Crippen LogP contribution is -2.53. The lowest BCUT2D eigenvalue weighted by molar-refractivity contribution is -0.148. The molecule has 2 N–H and O–H groups in total. The molecule has 0 aromatic heterocycles. The minimum absolute atomic E-state index is 0.115. The van der Waals surface area contributed by atoms with Gasteiger partial charge in [0.15, 0.2) is 0 Å². The van der Waals surface area contributed by atoms with E-state index in [0.717, 1.165) is 12.1 Å². The van der Waals surface area contributed by atoms with Gasteiger partial charge in [0.2, 0.25) is 0 Å². The Bertz CT molecular complexity index is 1090. The molecule has 1 saturated heterocycles. The van der Waals surface area contributed by atoms with Crippen LogP contribution in [-0.2, 0) is 9.53 Å². The molecule has 0 unspecified atom stereocenters. The Labute approximate surface area is 188 Å². The van der Waals surface area contributed by atoms with Crippen molar-refractivity contribution in [3.8, 4) is 5.75 Å². The van der Waals surface area contributed by atoms with Gasteiger partial charge in [-0.05, 0) is 43.2 Å². The van der Waals surface area contributed by atoms with E-state index in [1.165, 1.54) is 23.1 Å². The van der Waals surface area contributed by atoms with Crippen LogP contribution in [0.4, 0.5) is 14.5 Å². The van der Waals surface area contributed by atoms with Crippen LogP contribution in [0.2, 0.25) is 0 Å². The van der Waals surface area contributed by atoms with Crippen molar-refractivity contribution in [2.45, 2.75) is 37.5 Å². The highest BCUT2D eigenvalue weighted by molar-refractivity contribution is 6.05. The number of halogens is 2. The zero-order chi connectivity index (χ0) is 23.7. The van der Waals surface area contributed by atoms with Crippen LogP contribution in [0, 0.1) is 11.6 Å². The largest absolute Gasteiger partial charge is 0.490 e. The van der Waals surface area contributed by atoms with E-state index in [2.05, 4.69) is 5.32 Å². The van der Waals surface area contributed by atoms with Crippen molar-refractivity contribution in [1.29, 1.82) is 0 Å². The Morgan fingerprint density at radius 2 is 1.88 bits per heavy atom. The highest BCUT2D eigenvalue weighted by atomic mass is 19.1. The summed E-state index contributed by atoms with van der Waals surface area (Å²) in [5.74, 6) is -3.50. The molecule has 0 bridgehead atoms. The molecular formula is C23H22F2N2O6. The van der Waals surface area contributed by atoms with Crippen molar-refractivity contribution < 1.29 is 37.7 Å². The summed E-state index contributed by atoms with van der Waals surface area (Å²) >= 11 is 0. The number of likely N-dealkylation sites (N-methyl/N-ethyl adjacent to an activating group) is 1. The van der Waals surface area contributed by atoms with Gasteiger partial charge in [0, 0.05) is 24.4 Å². The summed E-state index contributed by atoms with van der Waals surface area (Å²) in [6.45, 7) is 0.125. The Kier molecular flexibility index (Phi) is 6.28. The number of nitrogens with zero attached hydrogens (tertiary/aromatic N) is 1. The Balaban J connectivity index is 1.54. The van der Waals surface area contributed by atoms with Crippen LogP contribution >= 0.6 is 0 Å². The van der Waals surface area contributed by atoms with E-state index in [1.54, 1.807) is 7.05 Å². The summed E-state index contributed by atoms with van der Waals surface area (Å²) < 4.78 is 38.6. The number of carbonyl (C=O) groups is 3. The third kappa shape index (κ3) is 4.95. The fourth-order valence-electron chi connectivity index (χ4n) is 4.19. The molecule has 2 amide bonds. The van der Waals surface area contributed by atoms with Crippen molar-refractivity contribution in [2.24, 2.45) is 0 Å². The number of carboxylic acid groups (broad SMARTS) is 1. The number of anilines is 1. The third-order valence-electron chi connectivity index (χ3n) is 5.80. The van der Waals surface area contributed by atoms with Crippen LogP contribution in [0.3, 0.4) is 0 Å². The number of hydrogen-bond acceptors (Lipinski definition) is 5. The molecule has 1 fully saturated rings. The minimum Gasteiger partial charge on any atom is -0.490 e. The van der Waals surface area contributed by atoms with Crippen LogP contribution < -0.4 is 10.1 Å². The number of hydrogen-bond donors (Lipinski definition) is 2. The van der Waals surface area contributed by atoms with Crippen molar-refractivity contribution in [3.63, 3.8) is 0 Å². The number of nitrogens with one attached hydrogen (secondary N) is 1. The molecule has 0 aliphatic carbocycles. The normalized spacial score (nSPS) is 22.3. The maximum Gasteiger partial charge on any atom is 0.305 e. The van der Waals surface area contributed by atoms with Gasteiger partial charge >= 0.3 is 5.97 Å². The highest BCUT2D eigenvalue weighted by Gasteiger charge is 2.39. The first-order chi connectivity index (χ1) is 15.7. The molecule has 8 nitrogen and oxygen atoms in total. The summed E-state index contributed by atoms with van der Waals surface area (Å²) in [6, 6.07) is 6.65. The molecule has 2 heterocycles. The summed E-state index contributed by atoms with van der Waals surface area (Å²) in [6.07, 6.45) is 0.0199. The monoisotopic (exact) mass is 460 g/mol. The van der Waals surface area contributed by atoms with Gasteiger partial charge in [-0.3, -0.25) is 14.4 Å². The van der Waals surface area contributed by atoms with Gasteiger partial charge in [-0.25, -0.2) is 8.78 Å². The van der Waals surface area contributed by atoms with Crippen LogP contribution in [0.5, 0.6) is 5.75 Å². The first kappa shape index (κ1) is 22.7. The summed E-state index contributed by atoms with van der Waals surface area (Å²) in [7, 11) is 1.64. The summed E-state index contributed by atoms with van der Waals surface area (Å²) in [4.78, 5) is 38.2. The van der Waals surface area contributed by atoms with Gasteiger partial charge in [0.1, 0.15) is 30.1 Å². The lowest BCUT2D eigenvalue weighted by Gasteiger charge is -2.42. The third-order valence-corrected chi connectivity index (χ3v) is 5.80. The zero-order valence-electron chi connectivity index (χ0n) is 17.7. The van der Waals surface area contributed by atoms with Gasteiger partial charge in [-0.15, -0.1) is 0 Å². The smallest absolute Gasteiger partial charge is 0.305 e. The second-order valence-electron chi connectivity index (χ2n) is 8.09. The quantitative estimate of drug-likeness (QED) is 0.727. The molecule has 2 aliphatic rings. The number of carboxylic acids is 1. The van der Waals surface area contributed by atoms with Gasteiger partial charge in [0.05, 0.1) is 24.1 Å². The van der Waals surface area contributed by atoms with Crippen molar-refractivity contribution in [2.75, 3.05) is 19.0 Å². The number of rotatable bonds is 4. The number of amides is 2. The molecule has 0 spiro atoms. The van der Waals surface area contributed by atoms with Gasteiger partial charge in [-0.1, -0.05) is 0 Å². The predicted molar refractivity (Wildman–Crippen MR) is 112 cm³/mol. The Morgan fingerprint density at radius 3 is 2.58 bits per heavy atom. The van der Waals surface area contributed by atoms with E-state index < -0.39 is 35.7 Å². The minimum atomic E-state index is -0.949. The standard InChI is InChI=1S/C23H22F2N2O6/c1-27-18-4-3-16(10-21(28)29)33-20(18)11-32-19-5-2-15(9-17(19)23(27)31)26-22(30)12-6-13(24)8-14(25)7-12/h2,5-9,16,18,20H,3-4,10-11H2,1H3,(H,26,30)(H,28,29)/t16-,18-,20+/m0/s1. The number of ether oxygens (including phenoxy) is 2. The first-order valence-electron chi connectivity index (χ1n) is 10.4. The first-order valence-corrected chi connectivity index (χ1v) is 10.4. The molecule has 2 aromatic carbocycles. The molecule has 174 valence electrons. The summed E-state index contributed by atoms with van der Waals surface area (Å²) in [5.41, 5.74) is 0.274. The number of carbonyl (C=O) groups excluding carboxylic acids is 2. The average Bonchev–Trinajstić information content (AvgIpc) is 2.75. The maximum absolute atomic E-state index is 13.4. The van der Waals surface area contributed by atoms with Crippen LogP contribution in [0.1, 0.15) is 40.0 Å². The molecule has 2 aromatic rings. The fraction of sp³-hybridized carbons (Fsp3) is 0.348. The van der Waals surface area contributed by atoms with Crippen LogP contribution in [-0.4, -0.2) is 59.7 Å². The van der Waals surface area contributed by atoms with E-state index in [0.29, 0.717) is 18.9 Å². The topological polar surface area (TPSA) is 105 Å². The Morgan fingerprint density at radius 1 is 1.15 bits per heavy atom. The van der Waals surface area contributed by atoms with Crippen molar-refractivity contribution in [1.82, 2.24) is 4.90 Å². The predicted octanol–water partition coefficient (Wildman–Crippen LogP) is 3.07. The van der Waals surface area contributed by atoms with E-state index >= 15 is 0 Å². The van der Waals surface area contributed by atoms with Gasteiger partial charge in [-0.2, -0.15) is 0 Å². The fourth-order valence-corrected chi connectivity index (χ4v) is 4.19. The van der Waals surface area contributed by atoms with E-state index in [-0.39, 0.29) is 47.5 Å². The summed E-state index contributed by atoms with van der Waals surface area (Å²) in [5, 5.41) is 11.6. The molecular weight excluding hydrogens is 438 g/mol. The Hall–Kier alpha value is -3.53. The van der Waals surface area contributed by atoms with E-state index in [9.17, 15) is 23.2 Å². The van der Waals surface area contributed by atoms with Crippen molar-refractivity contribution in [3.05, 3.63) is 59.2 Å². The number of benzene rings is 2. The lowest BCUT2D eigenvalue weighted by atomic mass is 9.94. The number of fused-ring (bicyclic) bond motifs is 2. The number of aliphatic carboxylic acids is 1. The molecule has 0 radical (unpaired) electrons. The SMILES string of the molecule is CN1C(=O)c2cc(NC(=O)c3cc(F)cc(F)c3)ccc2OC[C@H]2O[C@H](CC(=O)O)CC[C@@H]21. The maximum atomic E-state index is 13.4. The van der Waals surface area contributed by atoms with Crippen molar-refractivity contribution >= 4 is 23.5 Å². The zero-order valence-corrected chi connectivity index (χ0v) is 17.7. The van der Waals surface area contributed by atoms with Crippen LogP contribution in [0.15, 0.2) is 36.4 Å². The molecule has 0 saturated carbocycles. The van der Waals surface area contributed by atoms with Crippen LogP contribution in [0.25, 0.3) is 0 Å². The molecule has 3 atom stereocenters. The highest BCUT2D eigenvalue weighted by Crippen LogP contribution is 2.32. The molecule has 4 rings (SSSR count). The van der Waals surface area contributed by atoms with E-state index in [4.69, 9.17) is 14.6 Å². The second kappa shape index (κ2) is 9.14.